The van der Waals surface area contributed by atoms with Crippen LogP contribution in [0.5, 0.6) is 0 Å². The van der Waals surface area contributed by atoms with Crippen molar-refractivity contribution in [2.24, 2.45) is 0 Å². The van der Waals surface area contributed by atoms with E-state index in [4.69, 9.17) is 4.98 Å². The summed E-state index contributed by atoms with van der Waals surface area (Å²) in [5, 5.41) is 8.12. The summed E-state index contributed by atoms with van der Waals surface area (Å²) in [4.78, 5) is 28.7. The Morgan fingerprint density at radius 1 is 0.909 bits per heavy atom. The van der Waals surface area contributed by atoms with Gasteiger partial charge in [0.2, 0.25) is 5.95 Å². The van der Waals surface area contributed by atoms with Gasteiger partial charge in [-0.15, -0.1) is 0 Å². The Hall–Kier alpha value is -4.00. The number of rotatable bonds is 5. The van der Waals surface area contributed by atoms with Crippen molar-refractivity contribution < 1.29 is 4.79 Å². The molecule has 0 saturated carbocycles. The number of anilines is 4. The van der Waals surface area contributed by atoms with Crippen LogP contribution in [0.2, 0.25) is 0 Å². The molecule has 0 unspecified atom stereocenters. The molecule has 0 aliphatic carbocycles. The lowest BCUT2D eigenvalue weighted by Crippen LogP contribution is -2.31. The SMILES string of the molecule is Cc1cc(Nc2ccc(NC(=O)c3nccc4ccccc34)cc2)nc(N2CCCCC2)n1. The number of hydrogen-bond donors (Lipinski definition) is 2. The first kappa shape index (κ1) is 20.9. The Morgan fingerprint density at radius 2 is 1.67 bits per heavy atom. The molecule has 2 aromatic carbocycles. The van der Waals surface area contributed by atoms with Gasteiger partial charge < -0.3 is 15.5 Å². The first-order valence-corrected chi connectivity index (χ1v) is 11.3. The highest BCUT2D eigenvalue weighted by molar-refractivity contribution is 6.11. The summed E-state index contributed by atoms with van der Waals surface area (Å²) in [6, 6.07) is 19.2. The van der Waals surface area contributed by atoms with E-state index in [2.05, 4.69) is 25.5 Å². The Kier molecular flexibility index (Phi) is 5.85. The molecule has 0 radical (unpaired) electrons. The molecule has 0 bridgehead atoms. The topological polar surface area (TPSA) is 83.0 Å². The van der Waals surface area contributed by atoms with E-state index in [1.54, 1.807) is 6.20 Å². The van der Waals surface area contributed by atoms with Gasteiger partial charge in [-0.05, 0) is 61.9 Å². The van der Waals surface area contributed by atoms with Gasteiger partial charge in [0.25, 0.3) is 5.91 Å². The molecule has 1 fully saturated rings. The summed E-state index contributed by atoms with van der Waals surface area (Å²) in [5.41, 5.74) is 2.93. The summed E-state index contributed by atoms with van der Waals surface area (Å²) >= 11 is 0. The van der Waals surface area contributed by atoms with Crippen molar-refractivity contribution in [2.45, 2.75) is 26.2 Å². The van der Waals surface area contributed by atoms with E-state index < -0.39 is 0 Å². The fourth-order valence-corrected chi connectivity index (χ4v) is 4.13. The highest BCUT2D eigenvalue weighted by atomic mass is 16.1. The minimum atomic E-state index is -0.231. The number of carbonyl (C=O) groups is 1. The van der Waals surface area contributed by atoms with Crippen LogP contribution in [0, 0.1) is 6.92 Å². The second kappa shape index (κ2) is 9.24. The third-order valence-electron chi connectivity index (χ3n) is 5.79. The van der Waals surface area contributed by atoms with Crippen LogP contribution in [0.15, 0.2) is 66.9 Å². The molecule has 7 heteroatoms. The maximum absolute atomic E-state index is 12.8. The summed E-state index contributed by atoms with van der Waals surface area (Å²) in [6.07, 6.45) is 5.29. The second-order valence-corrected chi connectivity index (χ2v) is 8.28. The van der Waals surface area contributed by atoms with E-state index in [9.17, 15) is 4.79 Å². The van der Waals surface area contributed by atoms with E-state index in [1.807, 2.05) is 67.6 Å². The van der Waals surface area contributed by atoms with E-state index in [0.717, 1.165) is 47.0 Å². The van der Waals surface area contributed by atoms with E-state index in [-0.39, 0.29) is 5.91 Å². The number of aromatic nitrogens is 3. The van der Waals surface area contributed by atoms with Crippen LogP contribution in [0.1, 0.15) is 35.4 Å². The summed E-state index contributed by atoms with van der Waals surface area (Å²) in [6.45, 7) is 3.99. The predicted octanol–water partition coefficient (Wildman–Crippen LogP) is 5.32. The van der Waals surface area contributed by atoms with Gasteiger partial charge in [0.15, 0.2) is 0 Å². The molecule has 0 atom stereocenters. The third-order valence-corrected chi connectivity index (χ3v) is 5.79. The zero-order valence-corrected chi connectivity index (χ0v) is 18.6. The fraction of sp³-hybridized carbons (Fsp3) is 0.231. The summed E-state index contributed by atoms with van der Waals surface area (Å²) in [7, 11) is 0. The van der Waals surface area contributed by atoms with Crippen LogP contribution in [0.4, 0.5) is 23.1 Å². The number of aryl methyl sites for hydroxylation is 1. The lowest BCUT2D eigenvalue weighted by molar-refractivity contribution is 0.102. The van der Waals surface area contributed by atoms with Crippen LogP contribution in [-0.2, 0) is 0 Å². The van der Waals surface area contributed by atoms with Crippen molar-refractivity contribution >= 4 is 39.8 Å². The van der Waals surface area contributed by atoms with Gasteiger partial charge in [-0.1, -0.05) is 24.3 Å². The minimum Gasteiger partial charge on any atom is -0.341 e. The highest BCUT2D eigenvalue weighted by Gasteiger charge is 2.15. The third kappa shape index (κ3) is 4.77. The van der Waals surface area contributed by atoms with Crippen molar-refractivity contribution in [3.8, 4) is 0 Å². The number of fused-ring (bicyclic) bond motifs is 1. The maximum Gasteiger partial charge on any atom is 0.274 e. The fourth-order valence-electron chi connectivity index (χ4n) is 4.13. The van der Waals surface area contributed by atoms with Crippen LogP contribution in [0.25, 0.3) is 10.8 Å². The molecule has 1 amide bonds. The van der Waals surface area contributed by atoms with Gasteiger partial charge >= 0.3 is 0 Å². The molecular weight excluding hydrogens is 412 g/mol. The number of benzene rings is 2. The Labute approximate surface area is 192 Å². The Morgan fingerprint density at radius 3 is 2.48 bits per heavy atom. The van der Waals surface area contributed by atoms with E-state index in [1.165, 1.54) is 19.3 Å². The first-order chi connectivity index (χ1) is 16.2. The van der Waals surface area contributed by atoms with Crippen molar-refractivity contribution in [3.05, 3.63) is 78.2 Å². The lowest BCUT2D eigenvalue weighted by atomic mass is 10.1. The minimum absolute atomic E-state index is 0.231. The molecule has 1 saturated heterocycles. The van der Waals surface area contributed by atoms with Gasteiger partial charge in [-0.3, -0.25) is 9.78 Å². The normalized spacial score (nSPS) is 13.7. The number of piperidine rings is 1. The highest BCUT2D eigenvalue weighted by Crippen LogP contribution is 2.23. The molecule has 4 aromatic rings. The van der Waals surface area contributed by atoms with Crippen LogP contribution >= 0.6 is 0 Å². The number of pyridine rings is 1. The van der Waals surface area contributed by atoms with Crippen LogP contribution in [0.3, 0.4) is 0 Å². The molecule has 166 valence electrons. The monoisotopic (exact) mass is 438 g/mol. The van der Waals surface area contributed by atoms with Gasteiger partial charge in [0.05, 0.1) is 0 Å². The zero-order chi connectivity index (χ0) is 22.6. The molecule has 2 N–H and O–H groups in total. The van der Waals surface area contributed by atoms with Crippen LogP contribution in [-0.4, -0.2) is 33.9 Å². The number of carbonyl (C=O) groups excluding carboxylic acids is 1. The number of amides is 1. The van der Waals surface area contributed by atoms with E-state index in [0.29, 0.717) is 11.4 Å². The van der Waals surface area contributed by atoms with Crippen molar-refractivity contribution in [2.75, 3.05) is 28.6 Å². The molecule has 3 heterocycles. The van der Waals surface area contributed by atoms with Gasteiger partial charge in [-0.2, -0.15) is 4.98 Å². The summed E-state index contributed by atoms with van der Waals surface area (Å²) < 4.78 is 0. The van der Waals surface area contributed by atoms with Gasteiger partial charge in [0.1, 0.15) is 11.5 Å². The van der Waals surface area contributed by atoms with E-state index >= 15 is 0 Å². The molecule has 33 heavy (non-hydrogen) atoms. The van der Waals surface area contributed by atoms with Gasteiger partial charge in [0, 0.05) is 47.8 Å². The molecule has 7 nitrogen and oxygen atoms in total. The number of hydrogen-bond acceptors (Lipinski definition) is 6. The average molecular weight is 439 g/mol. The molecular formula is C26H26N6O. The first-order valence-electron chi connectivity index (χ1n) is 11.3. The van der Waals surface area contributed by atoms with Crippen molar-refractivity contribution in [3.63, 3.8) is 0 Å². The smallest absolute Gasteiger partial charge is 0.274 e. The molecule has 1 aliphatic rings. The van der Waals surface area contributed by atoms with Crippen molar-refractivity contribution in [1.82, 2.24) is 15.0 Å². The predicted molar refractivity (Wildman–Crippen MR) is 132 cm³/mol. The second-order valence-electron chi connectivity index (χ2n) is 8.28. The molecule has 2 aromatic heterocycles. The Bertz CT molecular complexity index is 1280. The van der Waals surface area contributed by atoms with Crippen LogP contribution < -0.4 is 15.5 Å². The standard InChI is InChI=1S/C26H26N6O/c1-18-17-23(31-26(28-18)32-15-5-2-6-16-32)29-20-9-11-21(12-10-20)30-25(33)24-22-8-4-3-7-19(22)13-14-27-24/h3-4,7-14,17H,2,5-6,15-16H2,1H3,(H,30,33)(H,28,29,31). The zero-order valence-electron chi connectivity index (χ0n) is 18.6. The molecule has 5 rings (SSSR count). The Balaban J connectivity index is 1.29. The summed E-state index contributed by atoms with van der Waals surface area (Å²) in [5.74, 6) is 1.31. The molecule has 1 aliphatic heterocycles. The largest absolute Gasteiger partial charge is 0.341 e. The maximum atomic E-state index is 12.8. The molecule has 0 spiro atoms. The lowest BCUT2D eigenvalue weighted by Gasteiger charge is -2.27. The number of nitrogens with one attached hydrogen (secondary N) is 2. The quantitative estimate of drug-likeness (QED) is 0.439. The van der Waals surface area contributed by atoms with Gasteiger partial charge in [-0.25, -0.2) is 4.98 Å². The average Bonchev–Trinajstić information content (AvgIpc) is 2.85. The van der Waals surface area contributed by atoms with Crippen molar-refractivity contribution in [1.29, 1.82) is 0 Å². The number of nitrogens with zero attached hydrogens (tertiary/aromatic N) is 4.